The van der Waals surface area contributed by atoms with Gasteiger partial charge in [-0.25, -0.2) is 0 Å². The highest BCUT2D eigenvalue weighted by Crippen LogP contribution is 1.89. The van der Waals surface area contributed by atoms with Crippen LogP contribution in [-0.4, -0.2) is 30.9 Å². The number of carbonyl (C=O) groups is 1. The number of rotatable bonds is 2. The largest absolute Gasteiger partial charge is 0.347 e. The molecule has 0 aromatic rings. The zero-order chi connectivity index (χ0) is 7.44. The highest BCUT2D eigenvalue weighted by Gasteiger charge is 2.11. The van der Waals surface area contributed by atoms with Crippen molar-refractivity contribution in [2.75, 3.05) is 14.1 Å². The molecule has 0 fully saturated rings. The van der Waals surface area contributed by atoms with E-state index in [1.807, 2.05) is 6.92 Å². The predicted octanol–water partition coefficient (Wildman–Crippen LogP) is 0.234. The number of carbonyl (C=O) groups excluding carboxylic acids is 1. The highest BCUT2D eigenvalue weighted by molar-refractivity contribution is 5.85. The topological polar surface area (TPSA) is 46.3 Å². The molecule has 1 unspecified atom stereocenters. The van der Waals surface area contributed by atoms with Gasteiger partial charge >= 0.3 is 0 Å². The molecule has 10 heavy (non-hydrogen) atoms. The summed E-state index contributed by atoms with van der Waals surface area (Å²) in [7, 11) is 3.41. The van der Waals surface area contributed by atoms with Crippen molar-refractivity contribution in [2.45, 2.75) is 19.4 Å². The van der Waals surface area contributed by atoms with Crippen molar-refractivity contribution >= 4 is 18.3 Å². The highest BCUT2D eigenvalue weighted by atomic mass is 35.5. The maximum atomic E-state index is 10.9. The third-order valence-electron chi connectivity index (χ3n) is 1.20. The molecule has 0 rings (SSSR count). The van der Waals surface area contributed by atoms with Gasteiger partial charge in [-0.1, -0.05) is 6.92 Å². The summed E-state index contributed by atoms with van der Waals surface area (Å²) < 4.78 is 0. The smallest absolute Gasteiger partial charge is 0.238 e. The second-order valence-electron chi connectivity index (χ2n) is 2.25. The minimum atomic E-state index is -0.319. The summed E-state index contributed by atoms with van der Waals surface area (Å²) in [6.45, 7) is 1.89. The molecule has 2 N–H and O–H groups in total. The second kappa shape index (κ2) is 5.50. The summed E-state index contributed by atoms with van der Waals surface area (Å²) in [4.78, 5) is 12.4. The van der Waals surface area contributed by atoms with Gasteiger partial charge in [-0.15, -0.1) is 12.4 Å². The Bertz CT molecular complexity index is 106. The normalized spacial score (nSPS) is 11.6. The van der Waals surface area contributed by atoms with Crippen molar-refractivity contribution in [3.8, 4) is 0 Å². The Morgan fingerprint density at radius 2 is 2.00 bits per heavy atom. The first-order valence-corrected chi connectivity index (χ1v) is 3.06. The van der Waals surface area contributed by atoms with E-state index in [1.54, 1.807) is 14.1 Å². The van der Waals surface area contributed by atoms with E-state index in [0.717, 1.165) is 0 Å². The lowest BCUT2D eigenvalue weighted by molar-refractivity contribution is -0.130. The van der Waals surface area contributed by atoms with E-state index in [4.69, 9.17) is 5.73 Å². The molecular formula is C6H15ClN2O. The molecule has 0 bridgehead atoms. The summed E-state index contributed by atoms with van der Waals surface area (Å²) in [5.41, 5.74) is 5.43. The van der Waals surface area contributed by atoms with E-state index in [-0.39, 0.29) is 24.4 Å². The summed E-state index contributed by atoms with van der Waals surface area (Å²) in [6, 6.07) is -0.319. The Morgan fingerprint density at radius 1 is 1.60 bits per heavy atom. The molecule has 62 valence electrons. The van der Waals surface area contributed by atoms with Crippen LogP contribution in [0.15, 0.2) is 0 Å². The van der Waals surface area contributed by atoms with Crippen LogP contribution in [0.2, 0.25) is 0 Å². The molecule has 0 spiro atoms. The predicted molar refractivity (Wildman–Crippen MR) is 44.2 cm³/mol. The van der Waals surface area contributed by atoms with Crippen molar-refractivity contribution in [1.29, 1.82) is 0 Å². The molecule has 1 amide bonds. The molecule has 0 aromatic carbocycles. The minimum absolute atomic E-state index is 0. The summed E-state index contributed by atoms with van der Waals surface area (Å²) >= 11 is 0. The van der Waals surface area contributed by atoms with Gasteiger partial charge in [-0.3, -0.25) is 4.79 Å². The van der Waals surface area contributed by atoms with Crippen LogP contribution in [0.3, 0.4) is 0 Å². The van der Waals surface area contributed by atoms with Crippen LogP contribution in [0.5, 0.6) is 0 Å². The van der Waals surface area contributed by atoms with Crippen molar-refractivity contribution in [2.24, 2.45) is 5.73 Å². The summed E-state index contributed by atoms with van der Waals surface area (Å²) in [5, 5.41) is 0. The third-order valence-corrected chi connectivity index (χ3v) is 1.20. The molecule has 0 heterocycles. The Kier molecular flexibility index (Phi) is 6.82. The van der Waals surface area contributed by atoms with Gasteiger partial charge in [0.25, 0.3) is 0 Å². The molecule has 0 aliphatic heterocycles. The van der Waals surface area contributed by atoms with E-state index in [1.165, 1.54) is 4.90 Å². The molecule has 0 radical (unpaired) electrons. The lowest BCUT2D eigenvalue weighted by Gasteiger charge is -2.14. The number of amides is 1. The van der Waals surface area contributed by atoms with E-state index < -0.39 is 0 Å². The van der Waals surface area contributed by atoms with Gasteiger partial charge in [0, 0.05) is 14.1 Å². The monoisotopic (exact) mass is 166 g/mol. The van der Waals surface area contributed by atoms with Crippen molar-refractivity contribution < 1.29 is 4.79 Å². The SMILES string of the molecule is CCC(N)C(=O)N(C)C.Cl. The first-order chi connectivity index (χ1) is 4.09. The number of halogens is 1. The fourth-order valence-corrected chi connectivity index (χ4v) is 0.506. The van der Waals surface area contributed by atoms with Gasteiger partial charge in [0.05, 0.1) is 6.04 Å². The molecule has 0 saturated carbocycles. The molecule has 0 aromatic heterocycles. The Hall–Kier alpha value is -0.280. The van der Waals surface area contributed by atoms with Crippen molar-refractivity contribution in [3.63, 3.8) is 0 Å². The summed E-state index contributed by atoms with van der Waals surface area (Å²) in [6.07, 6.45) is 0.705. The maximum Gasteiger partial charge on any atom is 0.238 e. The number of nitrogens with zero attached hydrogens (tertiary/aromatic N) is 1. The van der Waals surface area contributed by atoms with Gasteiger partial charge in [0.1, 0.15) is 0 Å². The molecule has 0 aliphatic rings. The standard InChI is InChI=1S/C6H14N2O.ClH/c1-4-5(7)6(9)8(2)3;/h5H,4,7H2,1-3H3;1H. The van der Waals surface area contributed by atoms with Gasteiger partial charge in [0.15, 0.2) is 0 Å². The quantitative estimate of drug-likeness (QED) is 0.639. The average molecular weight is 167 g/mol. The first kappa shape index (κ1) is 12.4. The van der Waals surface area contributed by atoms with Crippen LogP contribution < -0.4 is 5.73 Å². The average Bonchev–Trinajstić information content (AvgIpc) is 1.84. The van der Waals surface area contributed by atoms with E-state index in [2.05, 4.69) is 0 Å². The van der Waals surface area contributed by atoms with Crippen LogP contribution in [0.1, 0.15) is 13.3 Å². The molecule has 1 atom stereocenters. The molecular weight excluding hydrogens is 152 g/mol. The molecule has 3 nitrogen and oxygen atoms in total. The van der Waals surface area contributed by atoms with Gasteiger partial charge in [-0.2, -0.15) is 0 Å². The van der Waals surface area contributed by atoms with Crippen molar-refractivity contribution in [3.05, 3.63) is 0 Å². The Morgan fingerprint density at radius 3 is 2.10 bits per heavy atom. The van der Waals surface area contributed by atoms with Crippen LogP contribution in [-0.2, 0) is 4.79 Å². The van der Waals surface area contributed by atoms with Crippen LogP contribution in [0, 0.1) is 0 Å². The van der Waals surface area contributed by atoms with E-state index in [0.29, 0.717) is 6.42 Å². The number of nitrogens with two attached hydrogens (primary N) is 1. The lowest BCUT2D eigenvalue weighted by atomic mass is 10.2. The molecule has 0 aliphatic carbocycles. The van der Waals surface area contributed by atoms with Gasteiger partial charge in [0.2, 0.25) is 5.91 Å². The molecule has 4 heteroatoms. The number of hydrogen-bond acceptors (Lipinski definition) is 2. The summed E-state index contributed by atoms with van der Waals surface area (Å²) in [5.74, 6) is -0.00231. The Balaban J connectivity index is 0. The third kappa shape index (κ3) is 3.69. The number of likely N-dealkylation sites (N-methyl/N-ethyl adjacent to an activating group) is 1. The van der Waals surface area contributed by atoms with E-state index in [9.17, 15) is 4.79 Å². The van der Waals surface area contributed by atoms with Crippen molar-refractivity contribution in [1.82, 2.24) is 4.90 Å². The first-order valence-electron chi connectivity index (χ1n) is 3.06. The van der Waals surface area contributed by atoms with Crippen LogP contribution in [0.4, 0.5) is 0 Å². The zero-order valence-corrected chi connectivity index (χ0v) is 7.44. The maximum absolute atomic E-state index is 10.9. The minimum Gasteiger partial charge on any atom is -0.347 e. The zero-order valence-electron chi connectivity index (χ0n) is 6.63. The van der Waals surface area contributed by atoms with Crippen LogP contribution in [0.25, 0.3) is 0 Å². The second-order valence-corrected chi connectivity index (χ2v) is 2.25. The van der Waals surface area contributed by atoms with E-state index >= 15 is 0 Å². The number of hydrogen-bond donors (Lipinski definition) is 1. The van der Waals surface area contributed by atoms with Crippen LogP contribution >= 0.6 is 12.4 Å². The fraction of sp³-hybridized carbons (Fsp3) is 0.833. The molecule has 0 saturated heterocycles. The Labute approximate surface area is 68.0 Å². The van der Waals surface area contributed by atoms with Gasteiger partial charge < -0.3 is 10.6 Å². The fourth-order valence-electron chi connectivity index (χ4n) is 0.506. The van der Waals surface area contributed by atoms with Gasteiger partial charge in [-0.05, 0) is 6.42 Å². The lowest BCUT2D eigenvalue weighted by Crippen LogP contribution is -2.39.